The van der Waals surface area contributed by atoms with Gasteiger partial charge in [-0.25, -0.2) is 0 Å². The molecule has 2 nitrogen and oxygen atoms in total. The van der Waals surface area contributed by atoms with Gasteiger partial charge in [0.1, 0.15) is 0 Å². The third kappa shape index (κ3) is 10.1. The quantitative estimate of drug-likeness (QED) is 0.751. The molecule has 1 aliphatic rings. The third-order valence-corrected chi connectivity index (χ3v) is 2.33. The second-order valence-electron chi connectivity index (χ2n) is 3.89. The molecule has 1 N–H and O–H groups in total. The van der Waals surface area contributed by atoms with E-state index < -0.39 is 5.97 Å². The normalized spacial score (nSPS) is 18.9. The number of carboxylic acid groups (broad SMARTS) is 1. The number of hydrogen-bond acceptors (Lipinski definition) is 1. The zero-order chi connectivity index (χ0) is 11.1. The second-order valence-corrected chi connectivity index (χ2v) is 3.89. The van der Waals surface area contributed by atoms with Crippen molar-refractivity contribution in [2.45, 2.75) is 40.0 Å². The maximum Gasteiger partial charge on any atom is 0.300 e. The van der Waals surface area contributed by atoms with E-state index in [1.807, 2.05) is 0 Å². The van der Waals surface area contributed by atoms with E-state index in [1.165, 1.54) is 24.8 Å². The average Bonchev–Trinajstić information content (AvgIpc) is 2.03. The molecule has 0 heterocycles. The fourth-order valence-corrected chi connectivity index (χ4v) is 1.41. The van der Waals surface area contributed by atoms with Crippen molar-refractivity contribution in [3.05, 3.63) is 23.8 Å². The number of aliphatic carboxylic acids is 1. The Hall–Kier alpha value is -0.167. The number of carbonyl (C=O) groups is 1. The Bertz CT molecular complexity index is 240. The smallest absolute Gasteiger partial charge is 0.300 e. The second kappa shape index (κ2) is 9.09. The van der Waals surface area contributed by atoms with Gasteiger partial charge in [-0.05, 0) is 39.0 Å². The molecule has 0 aromatic carbocycles. The molecule has 0 saturated heterocycles. The Kier molecular flexibility index (Phi) is 10.4. The number of hydrogen-bond donors (Lipinski definition) is 1. The minimum Gasteiger partial charge on any atom is -0.481 e. The zero-order valence-electron chi connectivity index (χ0n) is 9.84. The molecule has 3 heteroatoms. The summed E-state index contributed by atoms with van der Waals surface area (Å²) in [6, 6.07) is 0. The molecule has 0 saturated carbocycles. The Balaban J connectivity index is 0. The van der Waals surface area contributed by atoms with Crippen LogP contribution in [0.4, 0.5) is 0 Å². The molecule has 0 bridgehead atoms. The van der Waals surface area contributed by atoms with Crippen LogP contribution in [0.5, 0.6) is 0 Å². The van der Waals surface area contributed by atoms with Gasteiger partial charge < -0.3 is 5.11 Å². The average molecular weight is 288 g/mol. The minimum absolute atomic E-state index is 0. The van der Waals surface area contributed by atoms with E-state index in [0.717, 1.165) is 12.8 Å². The molecule has 0 fully saturated rings. The molecule has 0 radical (unpaired) electrons. The van der Waals surface area contributed by atoms with Crippen LogP contribution in [0.3, 0.4) is 0 Å². The van der Waals surface area contributed by atoms with Crippen LogP contribution in [0.1, 0.15) is 40.0 Å². The molecule has 0 amide bonds. The van der Waals surface area contributed by atoms with Crippen molar-refractivity contribution >= 4 is 5.97 Å². The Labute approximate surface area is 112 Å². The molecule has 1 aliphatic carbocycles. The van der Waals surface area contributed by atoms with Crippen molar-refractivity contribution in [2.75, 3.05) is 0 Å². The summed E-state index contributed by atoms with van der Waals surface area (Å²) in [5.41, 5.74) is 2.90. The summed E-state index contributed by atoms with van der Waals surface area (Å²) >= 11 is 0. The van der Waals surface area contributed by atoms with Crippen LogP contribution in [0, 0.1) is 5.92 Å². The van der Waals surface area contributed by atoms with E-state index in [9.17, 15) is 0 Å². The van der Waals surface area contributed by atoms with Crippen LogP contribution in [0.2, 0.25) is 0 Å². The molecular weight excluding hydrogens is 267 g/mol. The van der Waals surface area contributed by atoms with Crippen LogP contribution >= 0.6 is 0 Å². The predicted octanol–water partition coefficient (Wildman–Crippen LogP) is 3.40. The van der Waals surface area contributed by atoms with E-state index in [-0.39, 0.29) is 26.2 Å². The van der Waals surface area contributed by atoms with Crippen LogP contribution < -0.4 is 0 Å². The van der Waals surface area contributed by atoms with E-state index in [2.05, 4.69) is 26.5 Å². The van der Waals surface area contributed by atoms with Crippen molar-refractivity contribution in [2.24, 2.45) is 5.92 Å². The largest absolute Gasteiger partial charge is 0.481 e. The van der Waals surface area contributed by atoms with E-state index in [1.54, 1.807) is 5.57 Å². The van der Waals surface area contributed by atoms with Gasteiger partial charge in [0.05, 0.1) is 0 Å². The Morgan fingerprint density at radius 3 is 2.27 bits per heavy atom. The molecule has 1 unspecified atom stereocenters. The van der Waals surface area contributed by atoms with E-state index >= 15 is 0 Å². The molecule has 15 heavy (non-hydrogen) atoms. The fraction of sp³-hybridized carbons (Fsp3) is 0.583. The SMILES string of the molecule is C=C(C)C1CC=C(C)CC1.CC(=O)O.[Zr]. The number of allylic oxidation sites excluding steroid dienone is 3. The monoisotopic (exact) mass is 286 g/mol. The number of carboxylic acids is 1. The zero-order valence-corrected chi connectivity index (χ0v) is 12.3. The maximum absolute atomic E-state index is 9.00. The van der Waals surface area contributed by atoms with Crippen LogP contribution in [-0.2, 0) is 31.0 Å². The fourth-order valence-electron chi connectivity index (χ4n) is 1.41. The summed E-state index contributed by atoms with van der Waals surface area (Å²) in [4.78, 5) is 9.00. The minimum atomic E-state index is -0.833. The van der Waals surface area contributed by atoms with Crippen LogP contribution in [0.25, 0.3) is 0 Å². The van der Waals surface area contributed by atoms with Gasteiger partial charge in [0.2, 0.25) is 0 Å². The van der Waals surface area contributed by atoms with Crippen LogP contribution in [-0.4, -0.2) is 11.1 Å². The van der Waals surface area contributed by atoms with Crippen molar-refractivity contribution in [3.63, 3.8) is 0 Å². The summed E-state index contributed by atoms with van der Waals surface area (Å²) in [6.07, 6.45) is 6.17. The third-order valence-electron chi connectivity index (χ3n) is 2.33. The topological polar surface area (TPSA) is 37.3 Å². The Morgan fingerprint density at radius 2 is 2.00 bits per heavy atom. The van der Waals surface area contributed by atoms with Crippen LogP contribution in [0.15, 0.2) is 23.8 Å². The van der Waals surface area contributed by atoms with E-state index in [0.29, 0.717) is 0 Å². The molecule has 84 valence electrons. The first-order valence-corrected chi connectivity index (χ1v) is 4.94. The standard InChI is InChI=1S/C10H16.C2H4O2.Zr/c1-8(2)10-6-4-9(3)5-7-10;1-2(3)4;/h4,10H,1,5-7H2,2-3H3;1H3,(H,3,4);. The molecular formula is C12H20O2Zr. The van der Waals surface area contributed by atoms with Gasteiger partial charge in [-0.3, -0.25) is 4.79 Å². The molecule has 1 atom stereocenters. The van der Waals surface area contributed by atoms with E-state index in [4.69, 9.17) is 9.90 Å². The van der Waals surface area contributed by atoms with Gasteiger partial charge in [0.15, 0.2) is 0 Å². The summed E-state index contributed by atoms with van der Waals surface area (Å²) in [5, 5.41) is 7.42. The molecule has 0 spiro atoms. The predicted molar refractivity (Wildman–Crippen MR) is 59.2 cm³/mol. The summed E-state index contributed by atoms with van der Waals surface area (Å²) in [7, 11) is 0. The van der Waals surface area contributed by atoms with Crippen molar-refractivity contribution in [1.82, 2.24) is 0 Å². The van der Waals surface area contributed by atoms with Gasteiger partial charge >= 0.3 is 0 Å². The van der Waals surface area contributed by atoms with Crippen molar-refractivity contribution < 1.29 is 36.1 Å². The van der Waals surface area contributed by atoms with Gasteiger partial charge in [-0.15, -0.1) is 0 Å². The molecule has 0 aromatic rings. The molecule has 0 aromatic heterocycles. The van der Waals surface area contributed by atoms with Gasteiger partial charge in [0, 0.05) is 33.1 Å². The maximum atomic E-state index is 9.00. The first-order chi connectivity index (χ1) is 6.43. The first kappa shape index (κ1) is 17.2. The summed E-state index contributed by atoms with van der Waals surface area (Å²) < 4.78 is 0. The van der Waals surface area contributed by atoms with Gasteiger partial charge in [0.25, 0.3) is 5.97 Å². The molecule has 1 rings (SSSR count). The van der Waals surface area contributed by atoms with Gasteiger partial charge in [-0.2, -0.15) is 0 Å². The summed E-state index contributed by atoms with van der Waals surface area (Å²) in [6.45, 7) is 9.41. The Morgan fingerprint density at radius 1 is 1.53 bits per heavy atom. The summed E-state index contributed by atoms with van der Waals surface area (Å²) in [5.74, 6) is -0.0660. The van der Waals surface area contributed by atoms with Crippen molar-refractivity contribution in [1.29, 1.82) is 0 Å². The van der Waals surface area contributed by atoms with Gasteiger partial charge in [-0.1, -0.05) is 23.8 Å². The number of rotatable bonds is 1. The molecule has 0 aliphatic heterocycles. The van der Waals surface area contributed by atoms with Crippen molar-refractivity contribution in [3.8, 4) is 0 Å². The first-order valence-electron chi connectivity index (χ1n) is 4.94.